The lowest BCUT2D eigenvalue weighted by Crippen LogP contribution is -2.10. The van der Waals surface area contributed by atoms with Crippen LogP contribution in [0.25, 0.3) is 66.6 Å². The van der Waals surface area contributed by atoms with Crippen LogP contribution in [0.4, 0.5) is 0 Å². The Morgan fingerprint density at radius 2 is 0.667 bits per heavy atom. The van der Waals surface area contributed by atoms with Gasteiger partial charge in [-0.25, -0.2) is 0 Å². The maximum atomic E-state index is 13.9. The van der Waals surface area contributed by atoms with Gasteiger partial charge in [0.05, 0.1) is 47.8 Å². The van der Waals surface area contributed by atoms with E-state index < -0.39 is 0 Å². The summed E-state index contributed by atoms with van der Waals surface area (Å²) in [5.41, 5.74) is 14.7. The zero-order chi connectivity index (χ0) is 40.5. The van der Waals surface area contributed by atoms with E-state index >= 15 is 0 Å². The Balaban J connectivity index is 1.33. The van der Waals surface area contributed by atoms with Crippen LogP contribution in [0.2, 0.25) is 0 Å². The number of benzene rings is 4. The number of carbonyl (C=O) groups excluding carboxylic acids is 2. The minimum Gasteiger partial charge on any atom is -0.466 e. The second kappa shape index (κ2) is 14.3. The standard InChI is InChI=1S/C52H42N4O4/c1-3-59-51(57)45-41-42(45)48-38(30-19-11-6-12-20-30)34-26-28-36(54-34)40(32-23-15-8-16-24-32)50-44-43(46(44)52(58)60-4-2)49(56-50)39(31-21-13-7-14-22-31)35-27-25-33(53-35)37(47(41)55-48)29-17-9-5-10-18-29/h5-28,41-46,53-54H,3-4H2,1-2H3. The molecule has 4 aliphatic rings. The monoisotopic (exact) mass is 786 g/mol. The molecule has 5 heterocycles. The molecule has 0 amide bonds. The summed E-state index contributed by atoms with van der Waals surface area (Å²) in [6.07, 6.45) is 0. The highest BCUT2D eigenvalue weighted by Gasteiger charge is 2.64. The molecule has 4 unspecified atom stereocenters. The highest BCUT2D eigenvalue weighted by Crippen LogP contribution is 2.68. The molecule has 11 rings (SSSR count). The van der Waals surface area contributed by atoms with Crippen LogP contribution in [0.1, 0.15) is 60.3 Å². The summed E-state index contributed by atoms with van der Waals surface area (Å²) in [4.78, 5) is 46.7. The van der Waals surface area contributed by atoms with E-state index in [0.717, 1.165) is 89.4 Å². The summed E-state index contributed by atoms with van der Waals surface area (Å²) < 4.78 is 11.5. The third kappa shape index (κ3) is 5.73. The van der Waals surface area contributed by atoms with Gasteiger partial charge in [0.1, 0.15) is 0 Å². The lowest BCUT2D eigenvalue weighted by molar-refractivity contribution is -0.145. The average Bonchev–Trinajstić information content (AvgIpc) is 3.84. The molecular formula is C52H42N4O4. The van der Waals surface area contributed by atoms with E-state index in [9.17, 15) is 9.59 Å². The number of aromatic amines is 2. The van der Waals surface area contributed by atoms with Gasteiger partial charge in [0.25, 0.3) is 0 Å². The fourth-order valence-corrected chi connectivity index (χ4v) is 10.1. The Morgan fingerprint density at radius 3 is 0.900 bits per heavy atom. The fourth-order valence-electron chi connectivity index (χ4n) is 10.1. The van der Waals surface area contributed by atoms with E-state index in [0.29, 0.717) is 13.2 Å². The molecule has 4 atom stereocenters. The Hall–Kier alpha value is -7.06. The van der Waals surface area contributed by atoms with Crippen molar-refractivity contribution in [2.45, 2.75) is 37.5 Å². The first-order valence-electron chi connectivity index (χ1n) is 20.9. The molecular weight excluding hydrogens is 745 g/mol. The molecule has 2 aliphatic heterocycles. The van der Waals surface area contributed by atoms with Crippen molar-refractivity contribution in [2.75, 3.05) is 13.2 Å². The predicted octanol–water partition coefficient (Wildman–Crippen LogP) is 11.1. The van der Waals surface area contributed by atoms with Gasteiger partial charge in [-0.15, -0.1) is 0 Å². The lowest BCUT2D eigenvalue weighted by Gasteiger charge is -2.11. The molecule has 0 radical (unpaired) electrons. The number of H-pyrrole nitrogens is 2. The number of aromatic nitrogens is 4. The maximum absolute atomic E-state index is 13.9. The number of esters is 2. The van der Waals surface area contributed by atoms with Gasteiger partial charge < -0.3 is 19.4 Å². The summed E-state index contributed by atoms with van der Waals surface area (Å²) in [5.74, 6) is -1.87. The highest BCUT2D eigenvalue weighted by atomic mass is 16.5. The van der Waals surface area contributed by atoms with Crippen LogP contribution in [0.15, 0.2) is 146 Å². The maximum Gasteiger partial charge on any atom is 0.310 e. The van der Waals surface area contributed by atoms with Crippen LogP contribution in [-0.2, 0) is 19.1 Å². The molecule has 2 saturated carbocycles. The Bertz CT molecular complexity index is 2600. The predicted molar refractivity (Wildman–Crippen MR) is 234 cm³/mol. The van der Waals surface area contributed by atoms with Gasteiger partial charge >= 0.3 is 11.9 Å². The molecule has 2 fully saturated rings. The smallest absolute Gasteiger partial charge is 0.310 e. The van der Waals surface area contributed by atoms with E-state index in [1.807, 2.05) is 86.6 Å². The normalized spacial score (nSPS) is 20.8. The number of carbonyl (C=O) groups is 2. The second-order valence-corrected chi connectivity index (χ2v) is 16.0. The molecule has 0 saturated heterocycles. The molecule has 0 spiro atoms. The highest BCUT2D eigenvalue weighted by molar-refractivity contribution is 5.96. The molecule has 4 aromatic carbocycles. The van der Waals surface area contributed by atoms with Gasteiger partial charge in [0.15, 0.2) is 0 Å². The van der Waals surface area contributed by atoms with Crippen molar-refractivity contribution in [3.05, 3.63) is 168 Å². The zero-order valence-electron chi connectivity index (χ0n) is 33.3. The van der Waals surface area contributed by atoms with Gasteiger partial charge in [-0.3, -0.25) is 19.6 Å². The van der Waals surface area contributed by atoms with E-state index in [-0.39, 0.29) is 47.4 Å². The summed E-state index contributed by atoms with van der Waals surface area (Å²) in [5, 5.41) is 0. The van der Waals surface area contributed by atoms with Gasteiger partial charge in [0.2, 0.25) is 0 Å². The SMILES string of the molecule is CCOC(=O)C1C2c3nc(c(-c4ccccc4)c4ccc([nH]4)c(-c4ccccc4)c4nc(c(-c5ccccc5)c5ccc([nH]5)c3-c3ccccc3)C3C(C(=O)OCC)C43)C12. The molecule has 60 heavy (non-hydrogen) atoms. The molecule has 8 bridgehead atoms. The molecule has 294 valence electrons. The first kappa shape index (κ1) is 36.1. The number of nitrogens with zero attached hydrogens (tertiary/aromatic N) is 2. The van der Waals surface area contributed by atoms with E-state index in [1.165, 1.54) is 0 Å². The molecule has 8 heteroatoms. The van der Waals surface area contributed by atoms with Crippen LogP contribution in [0.5, 0.6) is 0 Å². The minimum atomic E-state index is -0.377. The van der Waals surface area contributed by atoms with Gasteiger partial charge in [-0.05, 0) is 60.4 Å². The number of fused-ring (bicyclic) bond motifs is 14. The van der Waals surface area contributed by atoms with E-state index in [2.05, 4.69) is 82.8 Å². The van der Waals surface area contributed by atoms with E-state index in [1.54, 1.807) is 0 Å². The largest absolute Gasteiger partial charge is 0.466 e. The van der Waals surface area contributed by atoms with Crippen molar-refractivity contribution in [1.29, 1.82) is 0 Å². The fraction of sp³-hybridized carbons (Fsp3) is 0.192. The molecule has 3 aromatic heterocycles. The lowest BCUT2D eigenvalue weighted by atomic mass is 10.0. The van der Waals surface area contributed by atoms with Gasteiger partial charge in [-0.2, -0.15) is 0 Å². The first-order valence-corrected chi connectivity index (χ1v) is 20.9. The summed E-state index contributed by atoms with van der Waals surface area (Å²) in [6, 6.07) is 49.7. The average molecular weight is 787 g/mol. The molecule has 2 N–H and O–H groups in total. The summed E-state index contributed by atoms with van der Waals surface area (Å²) in [7, 11) is 0. The molecule has 7 aromatic rings. The topological polar surface area (TPSA) is 110 Å². The Kier molecular flexibility index (Phi) is 8.62. The van der Waals surface area contributed by atoms with Crippen molar-refractivity contribution < 1.29 is 19.1 Å². The Labute approximate surface area is 347 Å². The number of rotatable bonds is 8. The van der Waals surface area contributed by atoms with Gasteiger partial charge in [-0.1, -0.05) is 121 Å². The van der Waals surface area contributed by atoms with Crippen LogP contribution in [0, 0.1) is 11.8 Å². The van der Waals surface area contributed by atoms with Crippen molar-refractivity contribution >= 4 is 34.0 Å². The number of hydrogen-bond acceptors (Lipinski definition) is 6. The first-order chi connectivity index (χ1) is 29.6. The number of nitrogens with one attached hydrogen (secondary N) is 2. The second-order valence-electron chi connectivity index (χ2n) is 16.0. The molecule has 8 nitrogen and oxygen atoms in total. The minimum absolute atomic E-state index is 0.178. The van der Waals surface area contributed by atoms with E-state index in [4.69, 9.17) is 19.4 Å². The van der Waals surface area contributed by atoms with Gasteiger partial charge in [0, 0.05) is 68.0 Å². The molecule has 2 aliphatic carbocycles. The Morgan fingerprint density at radius 1 is 0.417 bits per heavy atom. The third-order valence-corrected chi connectivity index (χ3v) is 12.6. The van der Waals surface area contributed by atoms with Crippen molar-refractivity contribution in [2.24, 2.45) is 11.8 Å². The van der Waals surface area contributed by atoms with Crippen LogP contribution in [-0.4, -0.2) is 45.1 Å². The van der Waals surface area contributed by atoms with Crippen molar-refractivity contribution in [3.8, 4) is 44.5 Å². The van der Waals surface area contributed by atoms with Crippen molar-refractivity contribution in [1.82, 2.24) is 19.9 Å². The summed E-state index contributed by atoms with van der Waals surface area (Å²) >= 11 is 0. The van der Waals surface area contributed by atoms with Crippen LogP contribution < -0.4 is 0 Å². The zero-order valence-corrected chi connectivity index (χ0v) is 33.3. The van der Waals surface area contributed by atoms with Crippen LogP contribution in [0.3, 0.4) is 0 Å². The van der Waals surface area contributed by atoms with Crippen LogP contribution >= 0.6 is 0 Å². The quantitative estimate of drug-likeness (QED) is 0.148. The third-order valence-electron chi connectivity index (χ3n) is 12.6. The van der Waals surface area contributed by atoms with Crippen molar-refractivity contribution in [3.63, 3.8) is 0 Å². The number of hydrogen-bond donors (Lipinski definition) is 2. The number of ether oxygens (including phenoxy) is 2. The summed E-state index contributed by atoms with van der Waals surface area (Å²) in [6.45, 7) is 4.33.